The number of benzene rings is 1. The number of carboxylic acids is 1. The Hall–Kier alpha value is -2.04. The molecule has 0 aliphatic heterocycles. The molecule has 0 heterocycles. The third-order valence-corrected chi connectivity index (χ3v) is 3.83. The Balaban J connectivity index is 1.84. The first-order valence-corrected chi connectivity index (χ1v) is 7.56. The predicted octanol–water partition coefficient (Wildman–Crippen LogP) is 3.62. The zero-order valence-corrected chi connectivity index (χ0v) is 12.1. The molecular weight excluding hydrogens is 268 g/mol. The van der Waals surface area contributed by atoms with Crippen molar-refractivity contribution in [2.24, 2.45) is 0 Å². The third kappa shape index (κ3) is 5.10. The molecule has 114 valence electrons. The number of nitrogens with one attached hydrogen (secondary N) is 2. The molecule has 2 amide bonds. The third-order valence-electron chi connectivity index (χ3n) is 3.83. The van der Waals surface area contributed by atoms with E-state index in [-0.39, 0.29) is 17.6 Å². The molecule has 1 saturated carbocycles. The first kappa shape index (κ1) is 15.4. The number of hydrogen-bond donors (Lipinski definition) is 3. The molecule has 0 unspecified atom stereocenters. The molecule has 1 aromatic rings. The molecule has 0 atom stereocenters. The van der Waals surface area contributed by atoms with Gasteiger partial charge in [-0.15, -0.1) is 0 Å². The molecule has 1 aromatic carbocycles. The Morgan fingerprint density at radius 1 is 0.952 bits per heavy atom. The Morgan fingerprint density at radius 2 is 1.52 bits per heavy atom. The topological polar surface area (TPSA) is 78.4 Å². The maximum atomic E-state index is 12.0. The number of carbonyl (C=O) groups is 2. The second-order valence-corrected chi connectivity index (χ2v) is 5.52. The molecule has 5 nitrogen and oxygen atoms in total. The van der Waals surface area contributed by atoms with Crippen molar-refractivity contribution in [1.29, 1.82) is 0 Å². The highest BCUT2D eigenvalue weighted by Gasteiger charge is 2.14. The van der Waals surface area contributed by atoms with E-state index in [1.54, 1.807) is 12.1 Å². The minimum absolute atomic E-state index is 0.209. The average Bonchev–Trinajstić information content (AvgIpc) is 2.42. The van der Waals surface area contributed by atoms with Crippen molar-refractivity contribution in [3.05, 3.63) is 29.8 Å². The van der Waals surface area contributed by atoms with Gasteiger partial charge in [0.05, 0.1) is 5.56 Å². The van der Waals surface area contributed by atoms with E-state index in [4.69, 9.17) is 5.11 Å². The normalized spacial score (nSPS) is 16.6. The van der Waals surface area contributed by atoms with Crippen LogP contribution < -0.4 is 10.6 Å². The SMILES string of the molecule is O=C(Nc1ccc(C(=O)O)cc1)NC1CCCCCCC1. The van der Waals surface area contributed by atoms with E-state index in [1.165, 1.54) is 31.4 Å². The summed E-state index contributed by atoms with van der Waals surface area (Å²) in [6, 6.07) is 6.18. The van der Waals surface area contributed by atoms with Gasteiger partial charge in [0, 0.05) is 11.7 Å². The van der Waals surface area contributed by atoms with E-state index in [1.807, 2.05) is 0 Å². The minimum atomic E-state index is -0.972. The van der Waals surface area contributed by atoms with Gasteiger partial charge in [0.15, 0.2) is 0 Å². The number of rotatable bonds is 3. The lowest BCUT2D eigenvalue weighted by molar-refractivity contribution is 0.0697. The van der Waals surface area contributed by atoms with E-state index in [0.717, 1.165) is 25.7 Å². The highest BCUT2D eigenvalue weighted by Crippen LogP contribution is 2.17. The first-order chi connectivity index (χ1) is 10.1. The van der Waals surface area contributed by atoms with Crippen LogP contribution in [-0.4, -0.2) is 23.1 Å². The van der Waals surface area contributed by atoms with E-state index < -0.39 is 5.97 Å². The zero-order chi connectivity index (χ0) is 15.1. The van der Waals surface area contributed by atoms with Crippen LogP contribution in [0.2, 0.25) is 0 Å². The summed E-state index contributed by atoms with van der Waals surface area (Å²) >= 11 is 0. The van der Waals surface area contributed by atoms with Crippen molar-refractivity contribution in [3.8, 4) is 0 Å². The lowest BCUT2D eigenvalue weighted by atomic mass is 9.97. The molecule has 2 rings (SSSR count). The summed E-state index contributed by atoms with van der Waals surface area (Å²) in [6.07, 6.45) is 8.19. The van der Waals surface area contributed by atoms with Crippen molar-refractivity contribution in [3.63, 3.8) is 0 Å². The van der Waals surface area contributed by atoms with Crippen LogP contribution in [0.3, 0.4) is 0 Å². The summed E-state index contributed by atoms with van der Waals surface area (Å²) < 4.78 is 0. The molecule has 21 heavy (non-hydrogen) atoms. The van der Waals surface area contributed by atoms with E-state index in [2.05, 4.69) is 10.6 Å². The molecule has 1 aliphatic carbocycles. The second kappa shape index (κ2) is 7.67. The van der Waals surface area contributed by atoms with Gasteiger partial charge in [0.25, 0.3) is 0 Å². The highest BCUT2D eigenvalue weighted by molar-refractivity contribution is 5.91. The van der Waals surface area contributed by atoms with Crippen LogP contribution in [0.15, 0.2) is 24.3 Å². The number of carbonyl (C=O) groups excluding carboxylic acids is 1. The van der Waals surface area contributed by atoms with Crippen LogP contribution in [0.1, 0.15) is 55.3 Å². The van der Waals surface area contributed by atoms with Crippen molar-refractivity contribution in [1.82, 2.24) is 5.32 Å². The fourth-order valence-electron chi connectivity index (χ4n) is 2.65. The molecule has 5 heteroatoms. The standard InChI is InChI=1S/C16H22N2O3/c19-15(20)12-8-10-14(11-9-12)18-16(21)17-13-6-4-2-1-3-5-7-13/h8-11,13H,1-7H2,(H,19,20)(H2,17,18,21). The number of carboxylic acid groups (broad SMARTS) is 1. The Labute approximate surface area is 124 Å². The van der Waals surface area contributed by atoms with Crippen LogP contribution in [0, 0.1) is 0 Å². The highest BCUT2D eigenvalue weighted by atomic mass is 16.4. The van der Waals surface area contributed by atoms with Crippen molar-refractivity contribution in [2.45, 2.75) is 51.0 Å². The van der Waals surface area contributed by atoms with Crippen LogP contribution in [-0.2, 0) is 0 Å². The maximum absolute atomic E-state index is 12.0. The molecule has 0 spiro atoms. The van der Waals surface area contributed by atoms with Crippen molar-refractivity contribution in [2.75, 3.05) is 5.32 Å². The monoisotopic (exact) mass is 290 g/mol. The van der Waals surface area contributed by atoms with Gasteiger partial charge < -0.3 is 15.7 Å². The number of urea groups is 1. The largest absolute Gasteiger partial charge is 0.478 e. The summed E-state index contributed by atoms with van der Waals surface area (Å²) in [5.41, 5.74) is 0.810. The fraction of sp³-hybridized carbons (Fsp3) is 0.500. The van der Waals surface area contributed by atoms with Crippen LogP contribution >= 0.6 is 0 Å². The zero-order valence-electron chi connectivity index (χ0n) is 12.1. The van der Waals surface area contributed by atoms with Gasteiger partial charge in [-0.2, -0.15) is 0 Å². The lowest BCUT2D eigenvalue weighted by Crippen LogP contribution is -2.38. The molecule has 0 bridgehead atoms. The summed E-state index contributed by atoms with van der Waals surface area (Å²) in [5.74, 6) is -0.972. The molecule has 0 radical (unpaired) electrons. The smallest absolute Gasteiger partial charge is 0.335 e. The molecule has 0 aromatic heterocycles. The number of anilines is 1. The lowest BCUT2D eigenvalue weighted by Gasteiger charge is -2.21. The van der Waals surface area contributed by atoms with Gasteiger partial charge in [0.1, 0.15) is 0 Å². The van der Waals surface area contributed by atoms with Gasteiger partial charge in [-0.05, 0) is 37.1 Å². The number of amides is 2. The first-order valence-electron chi connectivity index (χ1n) is 7.56. The summed E-state index contributed by atoms with van der Waals surface area (Å²) in [6.45, 7) is 0. The fourth-order valence-corrected chi connectivity index (χ4v) is 2.65. The summed E-state index contributed by atoms with van der Waals surface area (Å²) in [5, 5.41) is 14.6. The second-order valence-electron chi connectivity index (χ2n) is 5.52. The Bertz CT molecular complexity index is 477. The molecule has 3 N–H and O–H groups in total. The average molecular weight is 290 g/mol. The summed E-state index contributed by atoms with van der Waals surface area (Å²) in [7, 11) is 0. The van der Waals surface area contributed by atoms with Crippen LogP contribution in [0.5, 0.6) is 0 Å². The van der Waals surface area contributed by atoms with Crippen LogP contribution in [0.4, 0.5) is 10.5 Å². The maximum Gasteiger partial charge on any atom is 0.335 e. The molecular formula is C16H22N2O3. The minimum Gasteiger partial charge on any atom is -0.478 e. The summed E-state index contributed by atoms with van der Waals surface area (Å²) in [4.78, 5) is 22.7. The van der Waals surface area contributed by atoms with Crippen molar-refractivity contribution < 1.29 is 14.7 Å². The number of aromatic carboxylic acids is 1. The quantitative estimate of drug-likeness (QED) is 0.795. The molecule has 0 saturated heterocycles. The van der Waals surface area contributed by atoms with E-state index >= 15 is 0 Å². The predicted molar refractivity (Wildman–Crippen MR) is 81.7 cm³/mol. The van der Waals surface area contributed by atoms with Crippen LogP contribution in [0.25, 0.3) is 0 Å². The van der Waals surface area contributed by atoms with E-state index in [9.17, 15) is 9.59 Å². The Morgan fingerprint density at radius 3 is 2.10 bits per heavy atom. The number of hydrogen-bond acceptors (Lipinski definition) is 2. The van der Waals surface area contributed by atoms with E-state index in [0.29, 0.717) is 5.69 Å². The molecule has 1 aliphatic rings. The Kier molecular flexibility index (Phi) is 5.60. The van der Waals surface area contributed by atoms with Gasteiger partial charge in [-0.1, -0.05) is 32.1 Å². The van der Waals surface area contributed by atoms with Gasteiger partial charge >= 0.3 is 12.0 Å². The van der Waals surface area contributed by atoms with Gasteiger partial charge in [-0.3, -0.25) is 0 Å². The van der Waals surface area contributed by atoms with Gasteiger partial charge in [0.2, 0.25) is 0 Å². The molecule has 1 fully saturated rings. The van der Waals surface area contributed by atoms with Crippen molar-refractivity contribution >= 4 is 17.7 Å². The van der Waals surface area contributed by atoms with Gasteiger partial charge in [-0.25, -0.2) is 9.59 Å².